The molecule has 0 saturated carbocycles. The number of halogens is 1. The molecule has 8 heteroatoms. The van der Waals surface area contributed by atoms with Crippen LogP contribution in [0.25, 0.3) is 0 Å². The van der Waals surface area contributed by atoms with E-state index < -0.39 is 0 Å². The fourth-order valence-electron chi connectivity index (χ4n) is 3.19. The molecule has 26 heavy (non-hydrogen) atoms. The second-order valence-electron chi connectivity index (χ2n) is 6.66. The van der Waals surface area contributed by atoms with E-state index in [1.54, 1.807) is 17.0 Å². The highest BCUT2D eigenvalue weighted by Crippen LogP contribution is 2.21. The fourth-order valence-corrected chi connectivity index (χ4v) is 3.47. The van der Waals surface area contributed by atoms with Crippen molar-refractivity contribution in [2.75, 3.05) is 26.2 Å². The van der Waals surface area contributed by atoms with Crippen molar-refractivity contribution in [3.05, 3.63) is 40.0 Å². The minimum atomic E-state index is -0.174. The molecule has 0 N–H and O–H groups in total. The molecular formula is C18H23BrN4O3. The molecule has 1 atom stereocenters. The van der Waals surface area contributed by atoms with E-state index in [4.69, 9.17) is 4.42 Å². The number of aryl methyl sites for hydroxylation is 1. The van der Waals surface area contributed by atoms with E-state index in [0.717, 1.165) is 15.9 Å². The lowest BCUT2D eigenvalue weighted by atomic mass is 10.1. The van der Waals surface area contributed by atoms with Gasteiger partial charge in [0.15, 0.2) is 5.76 Å². The Balaban J connectivity index is 1.56. The van der Waals surface area contributed by atoms with Gasteiger partial charge in [-0.15, -0.1) is 0 Å². The van der Waals surface area contributed by atoms with Crippen LogP contribution in [0.15, 0.2) is 27.3 Å². The monoisotopic (exact) mass is 422 g/mol. The number of furan rings is 1. The van der Waals surface area contributed by atoms with Gasteiger partial charge in [-0.2, -0.15) is 5.10 Å². The Bertz CT molecular complexity index is 792. The maximum Gasteiger partial charge on any atom is 0.289 e. The Labute approximate surface area is 161 Å². The van der Waals surface area contributed by atoms with Gasteiger partial charge in [-0.05, 0) is 41.9 Å². The summed E-state index contributed by atoms with van der Waals surface area (Å²) in [6, 6.07) is 3.36. The van der Waals surface area contributed by atoms with Crippen LogP contribution in [0, 0.1) is 19.8 Å². The zero-order valence-corrected chi connectivity index (χ0v) is 16.8. The first-order chi connectivity index (χ1) is 12.4. The lowest BCUT2D eigenvalue weighted by Crippen LogP contribution is -2.52. The normalized spacial score (nSPS) is 16.0. The molecule has 1 aliphatic heterocycles. The molecule has 0 aliphatic carbocycles. The maximum absolute atomic E-state index is 12.8. The predicted molar refractivity (Wildman–Crippen MR) is 99.8 cm³/mol. The van der Waals surface area contributed by atoms with E-state index in [1.165, 1.54) is 6.26 Å². The topological polar surface area (TPSA) is 71.6 Å². The fraction of sp³-hybridized carbons (Fsp3) is 0.500. The molecular weight excluding hydrogens is 400 g/mol. The number of hydrogen-bond acceptors (Lipinski definition) is 4. The van der Waals surface area contributed by atoms with Gasteiger partial charge in [0.05, 0.1) is 28.9 Å². The molecule has 0 radical (unpaired) electrons. The van der Waals surface area contributed by atoms with Crippen LogP contribution in [-0.4, -0.2) is 57.6 Å². The Morgan fingerprint density at radius 3 is 2.42 bits per heavy atom. The number of amides is 2. The molecule has 1 aliphatic rings. The van der Waals surface area contributed by atoms with Crippen molar-refractivity contribution < 1.29 is 14.0 Å². The Kier molecular flexibility index (Phi) is 5.50. The lowest BCUT2D eigenvalue weighted by Gasteiger charge is -2.35. The minimum Gasteiger partial charge on any atom is -0.459 e. The van der Waals surface area contributed by atoms with E-state index >= 15 is 0 Å². The second kappa shape index (κ2) is 7.65. The highest BCUT2D eigenvalue weighted by molar-refractivity contribution is 9.10. The van der Waals surface area contributed by atoms with E-state index in [1.807, 2.05) is 30.4 Å². The van der Waals surface area contributed by atoms with Crippen molar-refractivity contribution >= 4 is 27.7 Å². The molecule has 3 rings (SSSR count). The second-order valence-corrected chi connectivity index (χ2v) is 7.46. The number of nitrogens with zero attached hydrogens (tertiary/aromatic N) is 4. The van der Waals surface area contributed by atoms with Gasteiger partial charge < -0.3 is 14.2 Å². The summed E-state index contributed by atoms with van der Waals surface area (Å²) in [7, 11) is 0. The van der Waals surface area contributed by atoms with Crippen molar-refractivity contribution in [3.63, 3.8) is 0 Å². The molecule has 7 nitrogen and oxygen atoms in total. The number of carbonyl (C=O) groups excluding carboxylic acids is 2. The van der Waals surface area contributed by atoms with Gasteiger partial charge >= 0.3 is 0 Å². The highest BCUT2D eigenvalue weighted by atomic mass is 79.9. The first kappa shape index (κ1) is 18.7. The average molecular weight is 423 g/mol. The minimum absolute atomic E-state index is 0.0961. The third-order valence-corrected chi connectivity index (χ3v) is 5.92. The van der Waals surface area contributed by atoms with Gasteiger partial charge in [-0.25, -0.2) is 0 Å². The lowest BCUT2D eigenvalue weighted by molar-refractivity contribution is -0.137. The summed E-state index contributed by atoms with van der Waals surface area (Å²) in [4.78, 5) is 28.6. The van der Waals surface area contributed by atoms with Gasteiger partial charge in [0.25, 0.3) is 5.91 Å². The molecule has 0 bridgehead atoms. The largest absolute Gasteiger partial charge is 0.459 e. The van der Waals surface area contributed by atoms with Gasteiger partial charge in [-0.3, -0.25) is 14.3 Å². The van der Waals surface area contributed by atoms with Crippen molar-refractivity contribution in [2.45, 2.75) is 27.3 Å². The van der Waals surface area contributed by atoms with Crippen LogP contribution in [0.2, 0.25) is 0 Å². The van der Waals surface area contributed by atoms with E-state index in [0.29, 0.717) is 38.5 Å². The molecule has 2 amide bonds. The zero-order chi connectivity index (χ0) is 18.8. The molecule has 0 aromatic carbocycles. The van der Waals surface area contributed by atoms with Crippen molar-refractivity contribution in [1.29, 1.82) is 0 Å². The van der Waals surface area contributed by atoms with Gasteiger partial charge in [0, 0.05) is 31.9 Å². The summed E-state index contributed by atoms with van der Waals surface area (Å²) in [5, 5.41) is 4.48. The van der Waals surface area contributed by atoms with Gasteiger partial charge in [0.1, 0.15) is 0 Å². The first-order valence-corrected chi connectivity index (χ1v) is 9.49. The number of piperazine rings is 1. The maximum atomic E-state index is 12.8. The molecule has 2 aromatic rings. The SMILES string of the molecule is Cc1nn(C[C@@H](C)C(=O)N2CCN(C(=O)c3ccco3)CC2)c(C)c1Br. The Morgan fingerprint density at radius 2 is 1.88 bits per heavy atom. The molecule has 3 heterocycles. The van der Waals surface area contributed by atoms with E-state index in [2.05, 4.69) is 21.0 Å². The van der Waals surface area contributed by atoms with E-state index in [9.17, 15) is 9.59 Å². The molecule has 0 unspecified atom stereocenters. The number of rotatable bonds is 4. The van der Waals surface area contributed by atoms with Crippen molar-refractivity contribution in [3.8, 4) is 0 Å². The van der Waals surface area contributed by atoms with Crippen LogP contribution in [-0.2, 0) is 11.3 Å². The number of aromatic nitrogens is 2. The first-order valence-electron chi connectivity index (χ1n) is 8.69. The Morgan fingerprint density at radius 1 is 1.23 bits per heavy atom. The zero-order valence-electron chi connectivity index (χ0n) is 15.2. The molecule has 0 spiro atoms. The summed E-state index contributed by atoms with van der Waals surface area (Å²) in [5.74, 6) is 0.141. The molecule has 1 fully saturated rings. The van der Waals surface area contributed by atoms with Crippen LogP contribution in [0.3, 0.4) is 0 Å². The summed E-state index contributed by atoms with van der Waals surface area (Å²) in [6.45, 7) is 8.51. The molecule has 1 saturated heterocycles. The number of hydrogen-bond donors (Lipinski definition) is 0. The van der Waals surface area contributed by atoms with Crippen LogP contribution in [0.1, 0.15) is 28.9 Å². The average Bonchev–Trinajstić information content (AvgIpc) is 3.26. The van der Waals surface area contributed by atoms with Crippen LogP contribution in [0.5, 0.6) is 0 Å². The molecule has 2 aromatic heterocycles. The summed E-state index contributed by atoms with van der Waals surface area (Å²) in [5.41, 5.74) is 1.95. The van der Waals surface area contributed by atoms with Gasteiger partial charge in [0.2, 0.25) is 5.91 Å². The standard InChI is InChI=1S/C18H23BrN4O3/c1-12(11-23-14(3)16(19)13(2)20-23)17(24)21-6-8-22(9-7-21)18(25)15-5-4-10-26-15/h4-5,10,12H,6-9,11H2,1-3H3/t12-/m1/s1. The summed E-state index contributed by atoms with van der Waals surface area (Å²) in [6.07, 6.45) is 1.49. The van der Waals surface area contributed by atoms with Crippen LogP contribution < -0.4 is 0 Å². The smallest absolute Gasteiger partial charge is 0.289 e. The van der Waals surface area contributed by atoms with Crippen molar-refractivity contribution in [2.24, 2.45) is 5.92 Å². The third-order valence-electron chi connectivity index (χ3n) is 4.77. The molecule has 140 valence electrons. The van der Waals surface area contributed by atoms with Crippen molar-refractivity contribution in [1.82, 2.24) is 19.6 Å². The predicted octanol–water partition coefficient (Wildman–Crippen LogP) is 2.48. The van der Waals surface area contributed by atoms with Crippen LogP contribution in [0.4, 0.5) is 0 Å². The highest BCUT2D eigenvalue weighted by Gasteiger charge is 2.28. The van der Waals surface area contributed by atoms with E-state index in [-0.39, 0.29) is 17.7 Å². The summed E-state index contributed by atoms with van der Waals surface area (Å²) < 4.78 is 8.03. The third kappa shape index (κ3) is 3.70. The van der Waals surface area contributed by atoms with Crippen LogP contribution >= 0.6 is 15.9 Å². The quantitative estimate of drug-likeness (QED) is 0.758. The summed E-state index contributed by atoms with van der Waals surface area (Å²) >= 11 is 3.52. The number of carbonyl (C=O) groups is 2. The van der Waals surface area contributed by atoms with Gasteiger partial charge in [-0.1, -0.05) is 6.92 Å². The Hall–Kier alpha value is -2.09.